The summed E-state index contributed by atoms with van der Waals surface area (Å²) in [5.74, 6) is 1.47. The van der Waals surface area contributed by atoms with E-state index >= 15 is 0 Å². The molecular formula is C15H17NO. The summed E-state index contributed by atoms with van der Waals surface area (Å²) in [5.41, 5.74) is 9.23. The summed E-state index contributed by atoms with van der Waals surface area (Å²) in [6.45, 7) is 0. The summed E-state index contributed by atoms with van der Waals surface area (Å²) in [6.07, 6.45) is 4.87. The minimum absolute atomic E-state index is 0.157. The van der Waals surface area contributed by atoms with Gasteiger partial charge in [-0.05, 0) is 36.1 Å². The zero-order chi connectivity index (χ0) is 11.7. The number of fused-ring (bicyclic) bond motifs is 1. The van der Waals surface area contributed by atoms with E-state index in [0.717, 1.165) is 18.6 Å². The van der Waals surface area contributed by atoms with Crippen molar-refractivity contribution in [1.82, 2.24) is 0 Å². The van der Waals surface area contributed by atoms with Crippen LogP contribution in [0.1, 0.15) is 29.2 Å². The number of furan rings is 1. The molecule has 3 rings (SSSR count). The maximum atomic E-state index is 6.33. The molecule has 0 aliphatic heterocycles. The SMILES string of the molecule is NC(Cc1ccco1)C1CCc2ccccc21. The minimum atomic E-state index is 0.157. The highest BCUT2D eigenvalue weighted by atomic mass is 16.3. The van der Waals surface area contributed by atoms with Crippen LogP contribution in [0.2, 0.25) is 0 Å². The summed E-state index contributed by atoms with van der Waals surface area (Å²) < 4.78 is 5.37. The molecule has 0 bridgehead atoms. The van der Waals surface area contributed by atoms with E-state index in [4.69, 9.17) is 10.2 Å². The monoisotopic (exact) mass is 227 g/mol. The van der Waals surface area contributed by atoms with E-state index in [-0.39, 0.29) is 6.04 Å². The van der Waals surface area contributed by atoms with Crippen molar-refractivity contribution in [3.05, 3.63) is 59.5 Å². The molecule has 17 heavy (non-hydrogen) atoms. The third kappa shape index (κ3) is 2.01. The van der Waals surface area contributed by atoms with Gasteiger partial charge in [-0.2, -0.15) is 0 Å². The summed E-state index contributed by atoms with van der Waals surface area (Å²) in [7, 11) is 0. The van der Waals surface area contributed by atoms with Crippen LogP contribution < -0.4 is 5.73 Å². The van der Waals surface area contributed by atoms with Gasteiger partial charge in [-0.1, -0.05) is 24.3 Å². The molecule has 0 saturated carbocycles. The second-order valence-corrected chi connectivity index (χ2v) is 4.79. The highest BCUT2D eigenvalue weighted by molar-refractivity contribution is 5.36. The number of hydrogen-bond donors (Lipinski definition) is 1. The van der Waals surface area contributed by atoms with E-state index < -0.39 is 0 Å². The standard InChI is InChI=1S/C15H17NO/c16-15(10-12-5-3-9-17-12)14-8-7-11-4-1-2-6-13(11)14/h1-6,9,14-15H,7-8,10,16H2. The first kappa shape index (κ1) is 10.6. The molecule has 2 heteroatoms. The van der Waals surface area contributed by atoms with E-state index in [2.05, 4.69) is 24.3 Å². The number of rotatable bonds is 3. The van der Waals surface area contributed by atoms with Gasteiger partial charge in [0.25, 0.3) is 0 Å². The minimum Gasteiger partial charge on any atom is -0.469 e. The molecule has 0 spiro atoms. The average Bonchev–Trinajstić information content (AvgIpc) is 2.96. The lowest BCUT2D eigenvalue weighted by Gasteiger charge is -2.19. The highest BCUT2D eigenvalue weighted by Crippen LogP contribution is 2.35. The lowest BCUT2D eigenvalue weighted by molar-refractivity contribution is 0.449. The fourth-order valence-electron chi connectivity index (χ4n) is 2.84. The summed E-state index contributed by atoms with van der Waals surface area (Å²) in [4.78, 5) is 0. The van der Waals surface area contributed by atoms with E-state index in [1.807, 2.05) is 12.1 Å². The Hall–Kier alpha value is -1.54. The Morgan fingerprint density at radius 3 is 2.94 bits per heavy atom. The number of benzene rings is 1. The van der Waals surface area contributed by atoms with Crippen LogP contribution in [0.3, 0.4) is 0 Å². The van der Waals surface area contributed by atoms with E-state index in [1.54, 1.807) is 6.26 Å². The maximum Gasteiger partial charge on any atom is 0.105 e. The molecule has 2 unspecified atom stereocenters. The number of aryl methyl sites for hydroxylation is 1. The largest absolute Gasteiger partial charge is 0.469 e. The van der Waals surface area contributed by atoms with Crippen LogP contribution in [0.15, 0.2) is 47.1 Å². The topological polar surface area (TPSA) is 39.2 Å². The molecule has 1 aromatic carbocycles. The third-order valence-electron chi connectivity index (χ3n) is 3.71. The Morgan fingerprint density at radius 2 is 2.12 bits per heavy atom. The molecule has 0 fully saturated rings. The van der Waals surface area contributed by atoms with Gasteiger partial charge in [-0.25, -0.2) is 0 Å². The molecule has 1 aliphatic carbocycles. The van der Waals surface area contributed by atoms with Crippen LogP contribution in [-0.2, 0) is 12.8 Å². The average molecular weight is 227 g/mol. The van der Waals surface area contributed by atoms with Crippen LogP contribution in [-0.4, -0.2) is 6.04 Å². The zero-order valence-electron chi connectivity index (χ0n) is 9.80. The van der Waals surface area contributed by atoms with Crippen LogP contribution in [0.25, 0.3) is 0 Å². The molecule has 0 amide bonds. The van der Waals surface area contributed by atoms with Crippen molar-refractivity contribution in [2.45, 2.75) is 31.2 Å². The van der Waals surface area contributed by atoms with Gasteiger partial charge in [0.2, 0.25) is 0 Å². The van der Waals surface area contributed by atoms with Gasteiger partial charge < -0.3 is 10.2 Å². The van der Waals surface area contributed by atoms with Gasteiger partial charge in [0, 0.05) is 18.4 Å². The van der Waals surface area contributed by atoms with Crippen LogP contribution in [0.5, 0.6) is 0 Å². The lowest BCUT2D eigenvalue weighted by Crippen LogP contribution is -2.29. The zero-order valence-corrected chi connectivity index (χ0v) is 9.80. The van der Waals surface area contributed by atoms with Crippen molar-refractivity contribution >= 4 is 0 Å². The first-order chi connectivity index (χ1) is 8.34. The Kier molecular flexibility index (Phi) is 2.73. The molecular weight excluding hydrogens is 210 g/mol. The normalized spacial score (nSPS) is 20.2. The van der Waals surface area contributed by atoms with Gasteiger partial charge in [0.15, 0.2) is 0 Å². The number of hydrogen-bond acceptors (Lipinski definition) is 2. The van der Waals surface area contributed by atoms with Gasteiger partial charge >= 0.3 is 0 Å². The van der Waals surface area contributed by atoms with Gasteiger partial charge in [-0.15, -0.1) is 0 Å². The predicted molar refractivity (Wildman–Crippen MR) is 67.9 cm³/mol. The Labute approximate surface area is 101 Å². The van der Waals surface area contributed by atoms with Crippen molar-refractivity contribution in [1.29, 1.82) is 0 Å². The Morgan fingerprint density at radius 1 is 1.24 bits per heavy atom. The number of nitrogens with two attached hydrogens (primary N) is 1. The lowest BCUT2D eigenvalue weighted by atomic mass is 9.91. The quantitative estimate of drug-likeness (QED) is 0.875. The molecule has 1 aromatic heterocycles. The summed E-state index contributed by atoms with van der Waals surface area (Å²) >= 11 is 0. The van der Waals surface area contributed by atoms with Crippen molar-refractivity contribution in [3.8, 4) is 0 Å². The van der Waals surface area contributed by atoms with Gasteiger partial charge in [0.05, 0.1) is 6.26 Å². The second kappa shape index (κ2) is 4.38. The molecule has 0 saturated heterocycles. The van der Waals surface area contributed by atoms with E-state index in [9.17, 15) is 0 Å². The second-order valence-electron chi connectivity index (χ2n) is 4.79. The van der Waals surface area contributed by atoms with Crippen LogP contribution in [0.4, 0.5) is 0 Å². The first-order valence-corrected chi connectivity index (χ1v) is 6.20. The fraction of sp³-hybridized carbons (Fsp3) is 0.333. The molecule has 2 nitrogen and oxygen atoms in total. The van der Waals surface area contributed by atoms with Gasteiger partial charge in [0.1, 0.15) is 5.76 Å². The molecule has 1 heterocycles. The predicted octanol–water partition coefficient (Wildman–Crippen LogP) is 2.88. The fourth-order valence-corrected chi connectivity index (χ4v) is 2.84. The van der Waals surface area contributed by atoms with E-state index in [1.165, 1.54) is 17.5 Å². The van der Waals surface area contributed by atoms with Crippen LogP contribution in [0, 0.1) is 0 Å². The molecule has 0 radical (unpaired) electrons. The molecule has 88 valence electrons. The van der Waals surface area contributed by atoms with Crippen molar-refractivity contribution < 1.29 is 4.42 Å². The summed E-state index contributed by atoms with van der Waals surface area (Å²) in [6, 6.07) is 12.7. The van der Waals surface area contributed by atoms with Crippen LogP contribution >= 0.6 is 0 Å². The first-order valence-electron chi connectivity index (χ1n) is 6.20. The van der Waals surface area contributed by atoms with Crippen molar-refractivity contribution in [2.24, 2.45) is 5.73 Å². The summed E-state index contributed by atoms with van der Waals surface area (Å²) in [5, 5.41) is 0. The molecule has 2 N–H and O–H groups in total. The Bertz CT molecular complexity index is 489. The van der Waals surface area contributed by atoms with Crippen molar-refractivity contribution in [3.63, 3.8) is 0 Å². The Balaban J connectivity index is 1.78. The smallest absolute Gasteiger partial charge is 0.105 e. The van der Waals surface area contributed by atoms with E-state index in [0.29, 0.717) is 5.92 Å². The van der Waals surface area contributed by atoms with Crippen molar-refractivity contribution in [2.75, 3.05) is 0 Å². The molecule has 1 aliphatic rings. The van der Waals surface area contributed by atoms with Gasteiger partial charge in [-0.3, -0.25) is 0 Å². The molecule has 2 atom stereocenters. The highest BCUT2D eigenvalue weighted by Gasteiger charge is 2.27. The maximum absolute atomic E-state index is 6.33. The third-order valence-corrected chi connectivity index (χ3v) is 3.71. The molecule has 2 aromatic rings.